The molecule has 0 amide bonds. The van der Waals surface area contributed by atoms with E-state index in [1.165, 1.54) is 6.33 Å². The number of hydrogen-bond acceptors (Lipinski definition) is 5. The lowest BCUT2D eigenvalue weighted by molar-refractivity contribution is 0.415. The molecule has 0 atom stereocenters. The van der Waals surface area contributed by atoms with Crippen LogP contribution < -0.4 is 10.5 Å². The van der Waals surface area contributed by atoms with Crippen LogP contribution in [0.5, 0.6) is 5.75 Å². The quantitative estimate of drug-likeness (QED) is 0.792. The van der Waals surface area contributed by atoms with Crippen LogP contribution in [0, 0.1) is 16.7 Å². The number of aromatic nitrogens is 2. The van der Waals surface area contributed by atoms with Crippen LogP contribution in [0.3, 0.4) is 0 Å². The van der Waals surface area contributed by atoms with Gasteiger partial charge >= 0.3 is 0 Å². The summed E-state index contributed by atoms with van der Waals surface area (Å²) < 4.78 is 6.67. The van der Waals surface area contributed by atoms with Crippen LogP contribution in [0.1, 0.15) is 5.69 Å². The van der Waals surface area contributed by atoms with E-state index < -0.39 is 0 Å². The molecule has 0 saturated carbocycles. The SMILES string of the molecule is COc1ccc(-n2cnc(C(=N)C#N)c2N)cc1. The smallest absolute Gasteiger partial charge is 0.161 e. The van der Waals surface area contributed by atoms with Crippen molar-refractivity contribution in [1.82, 2.24) is 9.55 Å². The first-order chi connectivity index (χ1) is 8.67. The van der Waals surface area contributed by atoms with E-state index in [9.17, 15) is 0 Å². The Morgan fingerprint density at radius 1 is 1.44 bits per heavy atom. The third-order valence-corrected chi connectivity index (χ3v) is 2.50. The number of anilines is 1. The van der Waals surface area contributed by atoms with Gasteiger partial charge < -0.3 is 10.5 Å². The molecule has 0 bridgehead atoms. The van der Waals surface area contributed by atoms with Gasteiger partial charge in [-0.2, -0.15) is 5.26 Å². The van der Waals surface area contributed by atoms with Crippen LogP contribution in [0.4, 0.5) is 5.82 Å². The topological polar surface area (TPSA) is 101 Å². The van der Waals surface area contributed by atoms with Crippen LogP contribution >= 0.6 is 0 Å². The molecule has 2 rings (SSSR count). The molecule has 6 nitrogen and oxygen atoms in total. The first kappa shape index (κ1) is 11.7. The molecular formula is C12H11N5O. The van der Waals surface area contributed by atoms with Crippen LogP contribution in [0.2, 0.25) is 0 Å². The van der Waals surface area contributed by atoms with Crippen molar-refractivity contribution < 1.29 is 4.74 Å². The lowest BCUT2D eigenvalue weighted by Crippen LogP contribution is -2.04. The molecule has 0 radical (unpaired) electrons. The van der Waals surface area contributed by atoms with Crippen molar-refractivity contribution in [2.45, 2.75) is 0 Å². The Balaban J connectivity index is 2.42. The second-order valence-corrected chi connectivity index (χ2v) is 3.53. The van der Waals surface area contributed by atoms with Gasteiger partial charge in [-0.1, -0.05) is 0 Å². The van der Waals surface area contributed by atoms with E-state index in [4.69, 9.17) is 21.1 Å². The van der Waals surface area contributed by atoms with Crippen molar-refractivity contribution in [2.75, 3.05) is 12.8 Å². The Kier molecular flexibility index (Phi) is 2.98. The zero-order valence-electron chi connectivity index (χ0n) is 9.71. The van der Waals surface area contributed by atoms with Gasteiger partial charge in [0.1, 0.15) is 29.7 Å². The predicted octanol–water partition coefficient (Wildman–Crippen LogP) is 1.35. The average Bonchev–Trinajstić information content (AvgIpc) is 2.80. The van der Waals surface area contributed by atoms with Gasteiger partial charge in [-0.25, -0.2) is 4.98 Å². The fourth-order valence-electron chi connectivity index (χ4n) is 1.55. The summed E-state index contributed by atoms with van der Waals surface area (Å²) in [6, 6.07) is 8.94. The summed E-state index contributed by atoms with van der Waals surface area (Å²) >= 11 is 0. The molecule has 1 aromatic carbocycles. The maximum absolute atomic E-state index is 8.66. The molecule has 2 aromatic rings. The summed E-state index contributed by atoms with van der Waals surface area (Å²) in [6.07, 6.45) is 1.48. The van der Waals surface area contributed by atoms with Crippen molar-refractivity contribution in [3.05, 3.63) is 36.3 Å². The molecule has 90 valence electrons. The largest absolute Gasteiger partial charge is 0.497 e. The first-order valence-electron chi connectivity index (χ1n) is 5.13. The number of nitriles is 1. The van der Waals surface area contributed by atoms with Gasteiger partial charge in [0.05, 0.1) is 7.11 Å². The number of nitrogen functional groups attached to an aromatic ring is 1. The third-order valence-electron chi connectivity index (χ3n) is 2.50. The van der Waals surface area contributed by atoms with E-state index >= 15 is 0 Å². The van der Waals surface area contributed by atoms with E-state index in [-0.39, 0.29) is 17.2 Å². The van der Waals surface area contributed by atoms with E-state index in [0.717, 1.165) is 11.4 Å². The molecule has 6 heteroatoms. The maximum Gasteiger partial charge on any atom is 0.161 e. The molecule has 1 aromatic heterocycles. The molecule has 0 aliphatic rings. The molecule has 18 heavy (non-hydrogen) atoms. The van der Waals surface area contributed by atoms with E-state index in [1.54, 1.807) is 29.9 Å². The molecule has 0 saturated heterocycles. The highest BCUT2D eigenvalue weighted by atomic mass is 16.5. The summed E-state index contributed by atoms with van der Waals surface area (Å²) in [5, 5.41) is 16.1. The summed E-state index contributed by atoms with van der Waals surface area (Å²) in [4.78, 5) is 3.97. The fraction of sp³-hybridized carbons (Fsp3) is 0.0833. The van der Waals surface area contributed by atoms with Gasteiger partial charge in [0.2, 0.25) is 0 Å². The summed E-state index contributed by atoms with van der Waals surface area (Å²) in [5.41, 5.74) is 6.59. The van der Waals surface area contributed by atoms with Gasteiger partial charge in [-0.05, 0) is 24.3 Å². The highest BCUT2D eigenvalue weighted by Crippen LogP contribution is 2.19. The number of imidazole rings is 1. The third kappa shape index (κ3) is 1.89. The molecular weight excluding hydrogens is 230 g/mol. The van der Waals surface area contributed by atoms with Crippen molar-refractivity contribution in [3.63, 3.8) is 0 Å². The average molecular weight is 241 g/mol. The standard InChI is InChI=1S/C12H11N5O/c1-18-9-4-2-8(3-5-9)17-7-16-11(12(17)15)10(14)6-13/h2-5,7,14H,15H2,1H3. The van der Waals surface area contributed by atoms with Crippen molar-refractivity contribution >= 4 is 11.5 Å². The second kappa shape index (κ2) is 4.59. The Hall–Kier alpha value is -2.81. The van der Waals surface area contributed by atoms with E-state index in [2.05, 4.69) is 4.98 Å². The highest BCUT2D eigenvalue weighted by molar-refractivity contribution is 6.10. The Morgan fingerprint density at radius 3 is 2.67 bits per heavy atom. The minimum Gasteiger partial charge on any atom is -0.497 e. The van der Waals surface area contributed by atoms with Crippen molar-refractivity contribution in [1.29, 1.82) is 10.7 Å². The number of rotatable bonds is 3. The monoisotopic (exact) mass is 241 g/mol. The molecule has 0 fully saturated rings. The van der Waals surface area contributed by atoms with Gasteiger partial charge in [-0.3, -0.25) is 9.98 Å². The highest BCUT2D eigenvalue weighted by Gasteiger charge is 2.12. The number of methoxy groups -OCH3 is 1. The number of ether oxygens (including phenoxy) is 1. The fourth-order valence-corrected chi connectivity index (χ4v) is 1.55. The number of nitrogens with two attached hydrogens (primary N) is 1. The number of benzene rings is 1. The van der Waals surface area contributed by atoms with Crippen molar-refractivity contribution in [2.24, 2.45) is 0 Å². The van der Waals surface area contributed by atoms with Crippen LogP contribution in [-0.4, -0.2) is 22.4 Å². The van der Waals surface area contributed by atoms with Gasteiger partial charge in [0, 0.05) is 5.69 Å². The number of nitrogens with one attached hydrogen (secondary N) is 1. The molecule has 1 heterocycles. The molecule has 0 spiro atoms. The summed E-state index contributed by atoms with van der Waals surface area (Å²) in [7, 11) is 1.59. The van der Waals surface area contributed by atoms with Crippen LogP contribution in [-0.2, 0) is 0 Å². The van der Waals surface area contributed by atoms with Crippen LogP contribution in [0.15, 0.2) is 30.6 Å². The van der Waals surface area contributed by atoms with Crippen molar-refractivity contribution in [3.8, 4) is 17.5 Å². The summed E-state index contributed by atoms with van der Waals surface area (Å²) in [6.45, 7) is 0. The predicted molar refractivity (Wildman–Crippen MR) is 67.0 cm³/mol. The minimum atomic E-state index is -0.250. The lowest BCUT2D eigenvalue weighted by Gasteiger charge is -2.06. The van der Waals surface area contributed by atoms with E-state index in [1.807, 2.05) is 12.1 Å². The molecule has 3 N–H and O–H groups in total. The number of hydrogen-bond donors (Lipinski definition) is 2. The lowest BCUT2D eigenvalue weighted by atomic mass is 10.2. The zero-order valence-corrected chi connectivity index (χ0v) is 9.71. The molecule has 0 aliphatic heterocycles. The maximum atomic E-state index is 8.66. The Labute approximate surface area is 104 Å². The Bertz CT molecular complexity index is 621. The van der Waals surface area contributed by atoms with Crippen LogP contribution in [0.25, 0.3) is 5.69 Å². The zero-order chi connectivity index (χ0) is 13.1. The molecule has 0 unspecified atom stereocenters. The minimum absolute atomic E-state index is 0.188. The summed E-state index contributed by atoms with van der Waals surface area (Å²) in [5.74, 6) is 1.01. The normalized spacial score (nSPS) is 9.78. The molecule has 0 aliphatic carbocycles. The first-order valence-corrected chi connectivity index (χ1v) is 5.13. The Morgan fingerprint density at radius 2 is 2.11 bits per heavy atom. The van der Waals surface area contributed by atoms with Gasteiger partial charge in [-0.15, -0.1) is 0 Å². The van der Waals surface area contributed by atoms with Gasteiger partial charge in [0.25, 0.3) is 0 Å². The second-order valence-electron chi connectivity index (χ2n) is 3.53. The van der Waals surface area contributed by atoms with E-state index in [0.29, 0.717) is 0 Å². The number of nitrogens with zero attached hydrogens (tertiary/aromatic N) is 3. The van der Waals surface area contributed by atoms with Gasteiger partial charge in [0.15, 0.2) is 5.71 Å².